The van der Waals surface area contributed by atoms with Gasteiger partial charge in [-0.05, 0) is 11.6 Å². The number of ketones is 2. The van der Waals surface area contributed by atoms with E-state index in [1.807, 2.05) is 0 Å². The third kappa shape index (κ3) is 2.66. The Morgan fingerprint density at radius 3 is 2.06 bits per heavy atom. The second-order valence-corrected chi connectivity index (χ2v) is 8.68. The number of hydrogen-bond donors (Lipinski definition) is 0. The van der Waals surface area contributed by atoms with Gasteiger partial charge in [0.2, 0.25) is 29.0 Å². The number of benzene rings is 3. The number of amides is 2. The topological polar surface area (TPSA) is 124 Å². The van der Waals surface area contributed by atoms with Crippen molar-refractivity contribution in [1.82, 2.24) is 0 Å². The van der Waals surface area contributed by atoms with Crippen LogP contribution in [-0.2, 0) is 14.3 Å². The van der Waals surface area contributed by atoms with Gasteiger partial charge < -0.3 is 4.74 Å². The molecule has 3 aromatic carbocycles. The highest BCUT2D eigenvalue weighted by Crippen LogP contribution is 2.57. The molecule has 0 radical (unpaired) electrons. The minimum atomic E-state index is -2.18. The highest BCUT2D eigenvalue weighted by molar-refractivity contribution is 6.37. The Balaban J connectivity index is 1.54. The Hall–Kier alpha value is -4.50. The molecule has 0 aromatic heterocycles. The van der Waals surface area contributed by atoms with Crippen LogP contribution in [0.1, 0.15) is 32.4 Å². The highest BCUT2D eigenvalue weighted by atomic mass is 16.6. The van der Waals surface area contributed by atoms with Crippen molar-refractivity contribution in [1.29, 1.82) is 0 Å². The molecule has 1 aliphatic carbocycles. The molecule has 1 spiro atoms. The van der Waals surface area contributed by atoms with Crippen molar-refractivity contribution in [3.63, 3.8) is 0 Å². The smallest absolute Gasteiger partial charge is 0.271 e. The van der Waals surface area contributed by atoms with Gasteiger partial charge in [0.25, 0.3) is 5.69 Å². The van der Waals surface area contributed by atoms with E-state index in [0.717, 1.165) is 11.0 Å². The Morgan fingerprint density at radius 2 is 1.43 bits per heavy atom. The first-order valence-electron chi connectivity index (χ1n) is 10.9. The van der Waals surface area contributed by atoms with E-state index in [0.29, 0.717) is 5.56 Å². The molecule has 3 aromatic rings. The first kappa shape index (κ1) is 21.1. The second-order valence-electron chi connectivity index (χ2n) is 8.68. The minimum absolute atomic E-state index is 0.000899. The van der Waals surface area contributed by atoms with Crippen LogP contribution >= 0.6 is 0 Å². The maximum absolute atomic E-state index is 13.8. The van der Waals surface area contributed by atoms with Gasteiger partial charge in [-0.2, -0.15) is 0 Å². The number of carbonyl (C=O) groups is 4. The van der Waals surface area contributed by atoms with Crippen LogP contribution in [0.5, 0.6) is 0 Å². The molecule has 2 fully saturated rings. The summed E-state index contributed by atoms with van der Waals surface area (Å²) in [5.74, 6) is -5.36. The van der Waals surface area contributed by atoms with Crippen LogP contribution in [0.2, 0.25) is 0 Å². The van der Waals surface area contributed by atoms with Gasteiger partial charge >= 0.3 is 0 Å². The first-order chi connectivity index (χ1) is 16.9. The molecule has 9 heteroatoms. The van der Waals surface area contributed by atoms with Gasteiger partial charge in [-0.3, -0.25) is 29.3 Å². The molecule has 0 unspecified atom stereocenters. The maximum Gasteiger partial charge on any atom is 0.271 e. The predicted molar refractivity (Wildman–Crippen MR) is 121 cm³/mol. The first-order valence-corrected chi connectivity index (χ1v) is 10.9. The summed E-state index contributed by atoms with van der Waals surface area (Å²) < 4.78 is 6.18. The third-order valence-electron chi connectivity index (χ3n) is 6.95. The summed E-state index contributed by atoms with van der Waals surface area (Å²) in [6.07, 6.45) is -1.04. The van der Waals surface area contributed by atoms with Crippen LogP contribution in [0.25, 0.3) is 0 Å². The van der Waals surface area contributed by atoms with E-state index in [1.165, 1.54) is 30.3 Å². The number of nitro benzene ring substituents is 1. The Bertz CT molecular complexity index is 1430. The number of anilines is 1. The van der Waals surface area contributed by atoms with Crippen molar-refractivity contribution >= 4 is 34.8 Å². The molecule has 3 aliphatic rings. The molecule has 0 N–H and O–H groups in total. The Labute approximate surface area is 198 Å². The van der Waals surface area contributed by atoms with Crippen LogP contribution in [0, 0.1) is 22.0 Å². The number of nitro groups is 1. The number of fused-ring (bicyclic) bond motifs is 3. The van der Waals surface area contributed by atoms with Crippen LogP contribution in [0.4, 0.5) is 11.4 Å². The lowest BCUT2D eigenvalue weighted by Crippen LogP contribution is -2.51. The van der Waals surface area contributed by atoms with Crippen LogP contribution < -0.4 is 4.90 Å². The minimum Gasteiger partial charge on any atom is -0.349 e. The van der Waals surface area contributed by atoms with E-state index in [4.69, 9.17) is 4.74 Å². The van der Waals surface area contributed by atoms with E-state index in [1.54, 1.807) is 42.5 Å². The lowest BCUT2D eigenvalue weighted by atomic mass is 9.77. The van der Waals surface area contributed by atoms with Crippen molar-refractivity contribution in [2.45, 2.75) is 11.7 Å². The van der Waals surface area contributed by atoms with Gasteiger partial charge in [0, 0.05) is 23.3 Å². The van der Waals surface area contributed by atoms with Crippen molar-refractivity contribution in [2.75, 3.05) is 4.90 Å². The fourth-order valence-corrected chi connectivity index (χ4v) is 5.46. The van der Waals surface area contributed by atoms with Crippen molar-refractivity contribution in [3.8, 4) is 0 Å². The van der Waals surface area contributed by atoms with E-state index in [-0.39, 0.29) is 22.5 Å². The molecule has 2 heterocycles. The summed E-state index contributed by atoms with van der Waals surface area (Å²) in [5, 5.41) is 11.3. The zero-order valence-electron chi connectivity index (χ0n) is 18.0. The van der Waals surface area contributed by atoms with E-state index in [2.05, 4.69) is 0 Å². The molecular weight excluding hydrogens is 452 g/mol. The maximum atomic E-state index is 13.8. The molecule has 0 bridgehead atoms. The van der Waals surface area contributed by atoms with Gasteiger partial charge in [0.15, 0.2) is 0 Å². The quantitative estimate of drug-likeness (QED) is 0.250. The van der Waals surface area contributed by atoms with Gasteiger partial charge in [-0.25, -0.2) is 4.90 Å². The lowest BCUT2D eigenvalue weighted by molar-refractivity contribution is -0.384. The van der Waals surface area contributed by atoms with E-state index < -0.39 is 51.8 Å². The molecule has 172 valence electrons. The number of carbonyl (C=O) groups excluding carboxylic acids is 4. The normalized spacial score (nSPS) is 24.2. The SMILES string of the molecule is O=C1[C@H]2[C@@H](c3ccccc3)OC3(C(=O)c4ccccc4C3=O)[C@@H]2C(=O)N1c1cccc([N+](=O)[O-])c1. The number of nitrogens with zero attached hydrogens (tertiary/aromatic N) is 2. The molecule has 2 saturated heterocycles. The summed E-state index contributed by atoms with van der Waals surface area (Å²) in [5.41, 5.74) is -1.67. The Kier molecular flexibility index (Phi) is 4.36. The zero-order valence-corrected chi connectivity index (χ0v) is 18.0. The van der Waals surface area contributed by atoms with Gasteiger partial charge in [0.05, 0.1) is 28.6 Å². The number of Topliss-reactive ketones (excluding diaryl/α,β-unsaturated/α-hetero) is 2. The predicted octanol–water partition coefficient (Wildman–Crippen LogP) is 3.29. The summed E-state index contributed by atoms with van der Waals surface area (Å²) >= 11 is 0. The van der Waals surface area contributed by atoms with Crippen molar-refractivity contribution < 1.29 is 28.8 Å². The molecule has 35 heavy (non-hydrogen) atoms. The fraction of sp³-hybridized carbons (Fsp3) is 0.154. The van der Waals surface area contributed by atoms with Gasteiger partial charge in [-0.15, -0.1) is 0 Å². The standard InChI is InChI=1S/C26H16N2O7/c29-22-17-11-4-5-12-18(17)23(30)26(22)20-19(21(35-26)14-7-2-1-3-8-14)24(31)27(25(20)32)15-9-6-10-16(13-15)28(33)34/h1-13,19-21H/t19-,20+,21-/m1/s1. The molecule has 2 amide bonds. The average Bonchev–Trinajstić information content (AvgIpc) is 3.44. The van der Waals surface area contributed by atoms with E-state index >= 15 is 0 Å². The number of hydrogen-bond acceptors (Lipinski definition) is 7. The average molecular weight is 468 g/mol. The van der Waals surface area contributed by atoms with Crippen molar-refractivity contribution in [3.05, 3.63) is 106 Å². The molecular formula is C26H16N2O7. The molecule has 3 atom stereocenters. The summed E-state index contributed by atoms with van der Waals surface area (Å²) in [6.45, 7) is 0. The second kappa shape index (κ2) is 7.25. The van der Waals surface area contributed by atoms with Crippen molar-refractivity contribution in [2.24, 2.45) is 11.8 Å². The number of imide groups is 1. The number of non-ortho nitro benzene ring substituents is 1. The molecule has 2 aliphatic heterocycles. The molecule has 0 saturated carbocycles. The largest absolute Gasteiger partial charge is 0.349 e. The van der Waals surface area contributed by atoms with E-state index in [9.17, 15) is 29.3 Å². The van der Waals surface area contributed by atoms with Crippen LogP contribution in [0.15, 0.2) is 78.9 Å². The summed E-state index contributed by atoms with van der Waals surface area (Å²) in [6, 6.07) is 20.0. The summed E-state index contributed by atoms with van der Waals surface area (Å²) in [4.78, 5) is 66.4. The van der Waals surface area contributed by atoms with Crippen LogP contribution in [0.3, 0.4) is 0 Å². The highest BCUT2D eigenvalue weighted by Gasteiger charge is 2.74. The number of ether oxygens (including phenoxy) is 1. The van der Waals surface area contributed by atoms with Crippen LogP contribution in [-0.4, -0.2) is 33.9 Å². The lowest BCUT2D eigenvalue weighted by Gasteiger charge is -2.27. The van der Waals surface area contributed by atoms with Gasteiger partial charge in [-0.1, -0.05) is 60.7 Å². The monoisotopic (exact) mass is 468 g/mol. The fourth-order valence-electron chi connectivity index (χ4n) is 5.46. The number of rotatable bonds is 3. The summed E-state index contributed by atoms with van der Waals surface area (Å²) in [7, 11) is 0. The Morgan fingerprint density at radius 1 is 0.800 bits per heavy atom. The zero-order chi connectivity index (χ0) is 24.5. The van der Waals surface area contributed by atoms with Gasteiger partial charge in [0.1, 0.15) is 0 Å². The third-order valence-corrected chi connectivity index (χ3v) is 6.95. The molecule has 9 nitrogen and oxygen atoms in total. The molecule has 6 rings (SSSR count).